The second-order valence-electron chi connectivity index (χ2n) is 4.30. The molecule has 8 heteroatoms. The summed E-state index contributed by atoms with van der Waals surface area (Å²) in [5.41, 5.74) is 0. The Hall–Kier alpha value is -1.22. The van der Waals surface area contributed by atoms with Crippen LogP contribution < -0.4 is 5.32 Å². The molecule has 8 nitrogen and oxygen atoms in total. The molecule has 1 aliphatic heterocycles. The van der Waals surface area contributed by atoms with E-state index in [-0.39, 0.29) is 19.0 Å². The Labute approximate surface area is 104 Å². The number of nitrogens with zero attached hydrogens (tertiary/aromatic N) is 1. The van der Waals surface area contributed by atoms with Gasteiger partial charge in [-0.15, -0.1) is 0 Å². The van der Waals surface area contributed by atoms with Gasteiger partial charge >= 0.3 is 11.9 Å². The van der Waals surface area contributed by atoms with Crippen molar-refractivity contribution in [3.8, 4) is 0 Å². The lowest BCUT2D eigenvalue weighted by molar-refractivity contribution is -0.150. The first-order valence-corrected chi connectivity index (χ1v) is 5.68. The maximum absolute atomic E-state index is 10.6. The van der Waals surface area contributed by atoms with Gasteiger partial charge in [0.2, 0.25) is 0 Å². The van der Waals surface area contributed by atoms with Gasteiger partial charge in [0.15, 0.2) is 12.2 Å². The van der Waals surface area contributed by atoms with E-state index in [4.69, 9.17) is 10.2 Å². The number of aliphatic hydroxyl groups excluding tert-OH is 2. The molecule has 18 heavy (non-hydrogen) atoms. The van der Waals surface area contributed by atoms with Crippen LogP contribution in [0.2, 0.25) is 0 Å². The van der Waals surface area contributed by atoms with Crippen LogP contribution in [0.25, 0.3) is 0 Å². The van der Waals surface area contributed by atoms with Crippen LogP contribution >= 0.6 is 0 Å². The van der Waals surface area contributed by atoms with Gasteiger partial charge in [-0.1, -0.05) is 0 Å². The molecule has 1 heterocycles. The molecule has 0 bridgehead atoms. The summed E-state index contributed by atoms with van der Waals surface area (Å²) in [6.07, 6.45) is -3.00. The number of hydrogen-bond acceptors (Lipinski definition) is 6. The normalized spacial score (nSPS) is 24.4. The number of rotatable bonds is 6. The molecule has 0 aliphatic carbocycles. The van der Waals surface area contributed by atoms with E-state index in [0.717, 1.165) is 0 Å². The molecule has 0 amide bonds. The summed E-state index contributed by atoms with van der Waals surface area (Å²) in [5.74, 6) is -2.62. The monoisotopic (exact) mass is 262 g/mol. The number of hydrogen-bond donors (Lipinski definition) is 5. The summed E-state index contributed by atoms with van der Waals surface area (Å²) in [5, 5.41) is 38.9. The molecule has 1 rings (SSSR count). The minimum Gasteiger partial charge on any atom is -0.479 e. The fraction of sp³-hybridized carbons (Fsp3) is 0.800. The molecule has 0 aromatic rings. The van der Waals surface area contributed by atoms with Crippen molar-refractivity contribution in [2.45, 2.75) is 24.7 Å². The van der Waals surface area contributed by atoms with Crippen LogP contribution in [0.4, 0.5) is 0 Å². The number of aliphatic carboxylic acids is 2. The first-order valence-electron chi connectivity index (χ1n) is 5.68. The van der Waals surface area contributed by atoms with Crippen molar-refractivity contribution in [2.24, 2.45) is 0 Å². The lowest BCUT2D eigenvalue weighted by atomic mass is 10.0. The predicted molar refractivity (Wildman–Crippen MR) is 60.1 cm³/mol. The quantitative estimate of drug-likeness (QED) is 0.356. The zero-order valence-electron chi connectivity index (χ0n) is 9.82. The third-order valence-corrected chi connectivity index (χ3v) is 2.95. The molecule has 1 saturated heterocycles. The molecule has 5 N–H and O–H groups in total. The predicted octanol–water partition coefficient (Wildman–Crippen LogP) is -2.46. The van der Waals surface area contributed by atoms with Crippen LogP contribution in [0.3, 0.4) is 0 Å². The maximum Gasteiger partial charge on any atom is 0.333 e. The Balaban J connectivity index is 2.56. The van der Waals surface area contributed by atoms with Crippen molar-refractivity contribution in [1.82, 2.24) is 10.2 Å². The zero-order valence-corrected chi connectivity index (χ0v) is 9.82. The maximum atomic E-state index is 10.6. The Morgan fingerprint density at radius 2 is 1.83 bits per heavy atom. The van der Waals surface area contributed by atoms with Gasteiger partial charge in [-0.3, -0.25) is 4.90 Å². The topological polar surface area (TPSA) is 130 Å². The average Bonchev–Trinajstić information content (AvgIpc) is 2.31. The van der Waals surface area contributed by atoms with Gasteiger partial charge in [-0.25, -0.2) is 9.59 Å². The first-order chi connectivity index (χ1) is 8.41. The minimum absolute atomic E-state index is 0.00529. The number of carbonyl (C=O) groups is 2. The number of piperazine rings is 1. The second-order valence-corrected chi connectivity index (χ2v) is 4.30. The molecule has 0 aromatic carbocycles. The van der Waals surface area contributed by atoms with Gasteiger partial charge in [0, 0.05) is 38.6 Å². The second kappa shape index (κ2) is 6.64. The highest BCUT2D eigenvalue weighted by Gasteiger charge is 2.29. The van der Waals surface area contributed by atoms with Crippen molar-refractivity contribution in [2.75, 3.05) is 26.2 Å². The SMILES string of the molecule is O=C(O)C(O)CC1CNCCN1CC(O)C(=O)O. The number of nitrogens with one attached hydrogen (secondary N) is 1. The highest BCUT2D eigenvalue weighted by Crippen LogP contribution is 2.11. The zero-order chi connectivity index (χ0) is 13.7. The van der Waals surface area contributed by atoms with Gasteiger partial charge in [-0.2, -0.15) is 0 Å². The van der Waals surface area contributed by atoms with Crippen molar-refractivity contribution in [1.29, 1.82) is 0 Å². The van der Waals surface area contributed by atoms with Gasteiger partial charge in [0.05, 0.1) is 0 Å². The standard InChI is InChI=1S/C10H18N2O6/c13-7(9(15)16)3-6-4-11-1-2-12(6)5-8(14)10(17)18/h6-8,11,13-14H,1-5H2,(H,15,16)(H,17,18). The molecule has 0 spiro atoms. The van der Waals surface area contributed by atoms with Crippen LogP contribution in [0.1, 0.15) is 6.42 Å². The van der Waals surface area contributed by atoms with E-state index in [1.54, 1.807) is 4.90 Å². The van der Waals surface area contributed by atoms with Crippen molar-refractivity contribution in [3.05, 3.63) is 0 Å². The van der Waals surface area contributed by atoms with Crippen molar-refractivity contribution in [3.63, 3.8) is 0 Å². The molecule has 3 unspecified atom stereocenters. The van der Waals surface area contributed by atoms with E-state index in [2.05, 4.69) is 5.32 Å². The molecule has 1 aliphatic rings. The van der Waals surface area contributed by atoms with Gasteiger partial charge in [0.1, 0.15) is 0 Å². The molecule has 104 valence electrons. The third kappa shape index (κ3) is 4.22. The van der Waals surface area contributed by atoms with Crippen LogP contribution in [0.5, 0.6) is 0 Å². The number of β-amino-alcohol motifs (C(OH)–C–C–N with tert-alkyl or cyclic N) is 1. The number of carboxylic acids is 2. The van der Waals surface area contributed by atoms with E-state index in [1.807, 2.05) is 0 Å². The van der Waals surface area contributed by atoms with E-state index in [1.165, 1.54) is 0 Å². The summed E-state index contributed by atoms with van der Waals surface area (Å²) in [7, 11) is 0. The Bertz CT molecular complexity index is 281. The van der Waals surface area contributed by atoms with E-state index < -0.39 is 24.1 Å². The van der Waals surface area contributed by atoms with Gasteiger partial charge in [0.25, 0.3) is 0 Å². The van der Waals surface area contributed by atoms with Gasteiger partial charge < -0.3 is 25.7 Å². The largest absolute Gasteiger partial charge is 0.479 e. The molecule has 0 aromatic heterocycles. The molecule has 0 saturated carbocycles. The lowest BCUT2D eigenvalue weighted by Crippen LogP contribution is -2.55. The highest BCUT2D eigenvalue weighted by atomic mass is 16.4. The minimum atomic E-state index is -1.51. The highest BCUT2D eigenvalue weighted by molar-refractivity contribution is 5.72. The van der Waals surface area contributed by atoms with E-state index >= 15 is 0 Å². The third-order valence-electron chi connectivity index (χ3n) is 2.95. The molecular weight excluding hydrogens is 244 g/mol. The molecule has 1 fully saturated rings. The smallest absolute Gasteiger partial charge is 0.333 e. The van der Waals surface area contributed by atoms with Crippen LogP contribution in [-0.2, 0) is 9.59 Å². The molecule has 3 atom stereocenters. The summed E-state index contributed by atoms with van der Waals surface area (Å²) in [6, 6.07) is -0.307. The van der Waals surface area contributed by atoms with E-state index in [0.29, 0.717) is 19.6 Å². The van der Waals surface area contributed by atoms with Crippen molar-refractivity contribution < 1.29 is 30.0 Å². The first kappa shape index (κ1) is 14.8. The Kier molecular flexibility index (Phi) is 5.48. The van der Waals surface area contributed by atoms with Gasteiger partial charge in [-0.05, 0) is 0 Å². The summed E-state index contributed by atoms with van der Waals surface area (Å²) >= 11 is 0. The molecule has 0 radical (unpaired) electrons. The summed E-state index contributed by atoms with van der Waals surface area (Å²) in [6.45, 7) is 1.51. The fourth-order valence-electron chi connectivity index (χ4n) is 1.93. The summed E-state index contributed by atoms with van der Waals surface area (Å²) in [4.78, 5) is 22.8. The van der Waals surface area contributed by atoms with E-state index in [9.17, 15) is 19.8 Å². The van der Waals surface area contributed by atoms with Crippen LogP contribution in [0, 0.1) is 0 Å². The fourth-order valence-corrected chi connectivity index (χ4v) is 1.93. The van der Waals surface area contributed by atoms with Crippen LogP contribution in [0.15, 0.2) is 0 Å². The van der Waals surface area contributed by atoms with Crippen molar-refractivity contribution >= 4 is 11.9 Å². The Morgan fingerprint density at radius 1 is 1.22 bits per heavy atom. The van der Waals surface area contributed by atoms with Crippen LogP contribution in [-0.4, -0.2) is 81.7 Å². The molecular formula is C10H18N2O6. The summed E-state index contributed by atoms with van der Waals surface area (Å²) < 4.78 is 0. The number of aliphatic hydroxyl groups is 2. The number of carboxylic acid groups (broad SMARTS) is 2. The average molecular weight is 262 g/mol. The lowest BCUT2D eigenvalue weighted by Gasteiger charge is -2.37. The Morgan fingerprint density at radius 3 is 2.39 bits per heavy atom.